The van der Waals surface area contributed by atoms with Crippen LogP contribution < -0.4 is 0 Å². The number of benzene rings is 1. The molecule has 0 radical (unpaired) electrons. The van der Waals surface area contributed by atoms with E-state index in [1.165, 1.54) is 30.4 Å². The number of hydrogen-bond donors (Lipinski definition) is 1. The Hall–Kier alpha value is -1.35. The van der Waals surface area contributed by atoms with Crippen LogP contribution in [-0.2, 0) is 11.2 Å². The average molecular weight is 245 g/mol. The highest BCUT2D eigenvalue weighted by Gasteiger charge is 2.34. The summed E-state index contributed by atoms with van der Waals surface area (Å²) in [4.78, 5) is 13.4. The molecule has 0 spiro atoms. The number of fused-ring (bicyclic) bond motifs is 1. The van der Waals surface area contributed by atoms with Gasteiger partial charge >= 0.3 is 5.97 Å². The van der Waals surface area contributed by atoms with Gasteiger partial charge in [0.25, 0.3) is 0 Å². The Morgan fingerprint density at radius 1 is 1.28 bits per heavy atom. The molecule has 0 aromatic heterocycles. The van der Waals surface area contributed by atoms with Crippen molar-refractivity contribution in [1.29, 1.82) is 0 Å². The average Bonchev–Trinajstić information content (AvgIpc) is 2.87. The Morgan fingerprint density at radius 3 is 2.89 bits per heavy atom. The first-order valence-electron chi connectivity index (χ1n) is 6.80. The van der Waals surface area contributed by atoms with E-state index < -0.39 is 5.97 Å². The zero-order valence-electron chi connectivity index (χ0n) is 10.5. The van der Waals surface area contributed by atoms with Gasteiger partial charge in [-0.15, -0.1) is 0 Å². The summed E-state index contributed by atoms with van der Waals surface area (Å²) in [6.45, 7) is 1.64. The second-order valence-corrected chi connectivity index (χ2v) is 5.43. The maximum absolute atomic E-state index is 11.0. The summed E-state index contributed by atoms with van der Waals surface area (Å²) in [5, 5.41) is 9.10. The summed E-state index contributed by atoms with van der Waals surface area (Å²) in [7, 11) is 0. The lowest BCUT2D eigenvalue weighted by atomic mass is 9.87. The minimum Gasteiger partial charge on any atom is -0.481 e. The van der Waals surface area contributed by atoms with Crippen LogP contribution in [0.25, 0.3) is 0 Å². The molecule has 1 fully saturated rings. The quantitative estimate of drug-likeness (QED) is 0.870. The Balaban J connectivity index is 1.80. The predicted molar refractivity (Wildman–Crippen MR) is 69.4 cm³/mol. The molecular weight excluding hydrogens is 226 g/mol. The van der Waals surface area contributed by atoms with Gasteiger partial charge in [-0.2, -0.15) is 0 Å². The molecule has 1 saturated heterocycles. The van der Waals surface area contributed by atoms with Crippen molar-refractivity contribution in [3.8, 4) is 0 Å². The molecule has 3 nitrogen and oxygen atoms in total. The molecule has 2 aliphatic rings. The van der Waals surface area contributed by atoms with Gasteiger partial charge in [0.1, 0.15) is 0 Å². The molecule has 1 aromatic rings. The van der Waals surface area contributed by atoms with Crippen molar-refractivity contribution in [2.24, 2.45) is 5.92 Å². The smallest absolute Gasteiger partial charge is 0.307 e. The number of carbonyl (C=O) groups is 1. The van der Waals surface area contributed by atoms with E-state index in [-0.39, 0.29) is 5.92 Å². The molecule has 0 unspecified atom stereocenters. The van der Waals surface area contributed by atoms with Gasteiger partial charge in [0, 0.05) is 12.6 Å². The van der Waals surface area contributed by atoms with Crippen LogP contribution in [0.4, 0.5) is 0 Å². The van der Waals surface area contributed by atoms with Crippen molar-refractivity contribution in [2.75, 3.05) is 13.1 Å². The zero-order valence-corrected chi connectivity index (χ0v) is 10.5. The van der Waals surface area contributed by atoms with Gasteiger partial charge in [0.15, 0.2) is 0 Å². The molecule has 3 rings (SSSR count). The largest absolute Gasteiger partial charge is 0.481 e. The Bertz CT molecular complexity index is 458. The van der Waals surface area contributed by atoms with E-state index in [0.29, 0.717) is 12.6 Å². The molecule has 1 aromatic carbocycles. The minimum absolute atomic E-state index is 0.168. The maximum Gasteiger partial charge on any atom is 0.307 e. The summed E-state index contributed by atoms with van der Waals surface area (Å²) >= 11 is 0. The topological polar surface area (TPSA) is 40.5 Å². The molecule has 1 aliphatic carbocycles. The molecular formula is C15H19NO2. The van der Waals surface area contributed by atoms with E-state index in [1.54, 1.807) is 0 Å². The zero-order chi connectivity index (χ0) is 12.5. The first-order chi connectivity index (χ1) is 8.75. The fraction of sp³-hybridized carbons (Fsp3) is 0.533. The number of carboxylic acid groups (broad SMARTS) is 1. The van der Waals surface area contributed by atoms with Gasteiger partial charge in [-0.05, 0) is 43.4 Å². The van der Waals surface area contributed by atoms with Gasteiger partial charge in [-0.25, -0.2) is 0 Å². The summed E-state index contributed by atoms with van der Waals surface area (Å²) in [6, 6.07) is 9.08. The fourth-order valence-corrected chi connectivity index (χ4v) is 3.38. The lowest BCUT2D eigenvalue weighted by molar-refractivity contribution is -0.141. The third-order valence-electron chi connectivity index (χ3n) is 4.35. The Morgan fingerprint density at radius 2 is 2.11 bits per heavy atom. The van der Waals surface area contributed by atoms with E-state index in [9.17, 15) is 4.79 Å². The Labute approximate surface area is 107 Å². The monoisotopic (exact) mass is 245 g/mol. The highest BCUT2D eigenvalue weighted by Crippen LogP contribution is 2.36. The number of hydrogen-bond acceptors (Lipinski definition) is 2. The second-order valence-electron chi connectivity index (χ2n) is 5.43. The number of rotatable bonds is 2. The van der Waals surface area contributed by atoms with Crippen molar-refractivity contribution in [3.63, 3.8) is 0 Å². The summed E-state index contributed by atoms with van der Waals surface area (Å²) < 4.78 is 0. The maximum atomic E-state index is 11.0. The third kappa shape index (κ3) is 2.03. The molecule has 3 heteroatoms. The van der Waals surface area contributed by atoms with Crippen LogP contribution in [0.1, 0.15) is 36.4 Å². The molecule has 0 amide bonds. The molecule has 1 N–H and O–H groups in total. The number of likely N-dealkylation sites (tertiary alicyclic amines) is 1. The fourth-order valence-electron chi connectivity index (χ4n) is 3.38. The predicted octanol–water partition coefficient (Wildman–Crippen LogP) is 2.47. The molecule has 1 heterocycles. The number of carboxylic acids is 1. The van der Waals surface area contributed by atoms with Crippen LogP contribution in [0.2, 0.25) is 0 Å². The van der Waals surface area contributed by atoms with Crippen LogP contribution in [-0.4, -0.2) is 29.1 Å². The van der Waals surface area contributed by atoms with Crippen LogP contribution in [0, 0.1) is 5.92 Å². The molecule has 96 valence electrons. The standard InChI is InChI=1S/C15H19NO2/c17-15(18)12-8-9-16(10-12)14-7-3-5-11-4-1-2-6-13(11)14/h1-2,4,6,12,14H,3,5,7-10H2,(H,17,18)/t12-,14-/m0/s1. The van der Waals surface area contributed by atoms with E-state index in [0.717, 1.165) is 13.0 Å². The van der Waals surface area contributed by atoms with Crippen molar-refractivity contribution < 1.29 is 9.90 Å². The first-order valence-corrected chi connectivity index (χ1v) is 6.80. The molecule has 18 heavy (non-hydrogen) atoms. The number of aliphatic carboxylic acids is 1. The van der Waals surface area contributed by atoms with E-state index in [4.69, 9.17) is 5.11 Å². The van der Waals surface area contributed by atoms with Crippen LogP contribution in [0.3, 0.4) is 0 Å². The molecule has 2 atom stereocenters. The summed E-state index contributed by atoms with van der Waals surface area (Å²) in [5.74, 6) is -0.805. The van der Waals surface area contributed by atoms with Gasteiger partial charge in [-0.3, -0.25) is 9.69 Å². The van der Waals surface area contributed by atoms with Crippen molar-refractivity contribution in [3.05, 3.63) is 35.4 Å². The lowest BCUT2D eigenvalue weighted by Crippen LogP contribution is -2.30. The highest BCUT2D eigenvalue weighted by molar-refractivity contribution is 5.70. The normalized spacial score (nSPS) is 28.0. The van der Waals surface area contributed by atoms with Crippen molar-refractivity contribution >= 4 is 5.97 Å². The van der Waals surface area contributed by atoms with Crippen molar-refractivity contribution in [1.82, 2.24) is 4.90 Å². The number of nitrogens with zero attached hydrogens (tertiary/aromatic N) is 1. The van der Waals surface area contributed by atoms with Gasteiger partial charge in [-0.1, -0.05) is 24.3 Å². The van der Waals surface area contributed by atoms with E-state index in [1.807, 2.05) is 0 Å². The lowest BCUT2D eigenvalue weighted by Gasteiger charge is -2.33. The van der Waals surface area contributed by atoms with Crippen molar-refractivity contribution in [2.45, 2.75) is 31.7 Å². The van der Waals surface area contributed by atoms with E-state index in [2.05, 4.69) is 29.2 Å². The second kappa shape index (κ2) is 4.73. The molecule has 1 aliphatic heterocycles. The minimum atomic E-state index is -0.637. The van der Waals surface area contributed by atoms with Gasteiger partial charge in [0.05, 0.1) is 5.92 Å². The van der Waals surface area contributed by atoms with Gasteiger partial charge < -0.3 is 5.11 Å². The van der Waals surface area contributed by atoms with E-state index >= 15 is 0 Å². The first kappa shape index (κ1) is 11.7. The highest BCUT2D eigenvalue weighted by atomic mass is 16.4. The summed E-state index contributed by atoms with van der Waals surface area (Å²) in [6.07, 6.45) is 4.36. The van der Waals surface area contributed by atoms with Crippen LogP contribution in [0.15, 0.2) is 24.3 Å². The van der Waals surface area contributed by atoms with Gasteiger partial charge in [0.2, 0.25) is 0 Å². The third-order valence-corrected chi connectivity index (χ3v) is 4.35. The van der Waals surface area contributed by atoms with Crippen LogP contribution >= 0.6 is 0 Å². The van der Waals surface area contributed by atoms with Crippen LogP contribution in [0.5, 0.6) is 0 Å². The summed E-state index contributed by atoms with van der Waals surface area (Å²) in [5.41, 5.74) is 2.88. The molecule has 0 bridgehead atoms. The Kier molecular flexibility index (Phi) is 3.08. The number of aryl methyl sites for hydroxylation is 1. The SMILES string of the molecule is O=C(O)[C@H]1CCN([C@H]2CCCc3ccccc32)C1. The molecule has 0 saturated carbocycles.